The molecule has 0 amide bonds. The molecule has 0 unspecified atom stereocenters. The third kappa shape index (κ3) is 4.25. The van der Waals surface area contributed by atoms with E-state index in [2.05, 4.69) is 46.8 Å². The highest BCUT2D eigenvalue weighted by Gasteiger charge is 2.42. The summed E-state index contributed by atoms with van der Waals surface area (Å²) >= 11 is 0. The maximum absolute atomic E-state index is 10.2. The Morgan fingerprint density at radius 1 is 0.838 bits per heavy atom. The van der Waals surface area contributed by atoms with Crippen molar-refractivity contribution in [3.8, 4) is 34.4 Å². The van der Waals surface area contributed by atoms with Crippen LogP contribution in [0, 0.1) is 13.8 Å². The minimum Gasteiger partial charge on any atom is -0.535 e. The van der Waals surface area contributed by atoms with Gasteiger partial charge >= 0.3 is 7.05 Å². The maximum atomic E-state index is 10.2. The lowest BCUT2D eigenvalue weighted by Crippen LogP contribution is -2.49. The lowest BCUT2D eigenvalue weighted by molar-refractivity contribution is 0.463. The molecular weight excluding hydrogens is 461 g/mol. The van der Waals surface area contributed by atoms with E-state index in [1.165, 1.54) is 0 Å². The molecule has 180 valence electrons. The van der Waals surface area contributed by atoms with Gasteiger partial charge in [0.05, 0.1) is 5.69 Å². The molecule has 7 heteroatoms. The third-order valence-corrected chi connectivity index (χ3v) is 6.46. The molecule has 0 saturated heterocycles. The largest absolute Gasteiger partial charge is 0.535 e. The molecule has 3 heterocycles. The molecule has 6 rings (SSSR count). The molecule has 1 N–H and O–H groups in total. The molecule has 6 nitrogen and oxygen atoms in total. The minimum absolute atomic E-state index is 0.173. The predicted molar refractivity (Wildman–Crippen MR) is 146 cm³/mol. The Morgan fingerprint density at radius 2 is 1.62 bits per heavy atom. The van der Waals surface area contributed by atoms with Crippen LogP contribution in [0.3, 0.4) is 0 Å². The monoisotopic (exact) mass is 485 g/mol. The molecule has 3 aromatic carbocycles. The summed E-state index contributed by atoms with van der Waals surface area (Å²) in [6.45, 7) is 4.20. The highest BCUT2D eigenvalue weighted by Crippen LogP contribution is 2.40. The number of hydrogen-bond donors (Lipinski definition) is 1. The fourth-order valence-electron chi connectivity index (χ4n) is 4.73. The third-order valence-electron chi connectivity index (χ3n) is 6.46. The van der Waals surface area contributed by atoms with Gasteiger partial charge in [0.15, 0.2) is 5.82 Å². The fourth-order valence-corrected chi connectivity index (χ4v) is 4.73. The van der Waals surface area contributed by atoms with Gasteiger partial charge < -0.3 is 19.3 Å². The van der Waals surface area contributed by atoms with Gasteiger partial charge in [0.2, 0.25) is 5.88 Å². The number of fused-ring (bicyclic) bond motifs is 1. The Morgan fingerprint density at radius 3 is 2.46 bits per heavy atom. The number of phenols is 1. The normalized spacial score (nSPS) is 12.3. The quantitative estimate of drug-likeness (QED) is 0.300. The van der Waals surface area contributed by atoms with Crippen molar-refractivity contribution >= 4 is 24.0 Å². The molecule has 5 aromatic rings. The average Bonchev–Trinajstić information content (AvgIpc) is 3.28. The second-order valence-electron chi connectivity index (χ2n) is 8.95. The number of rotatable bonds is 5. The van der Waals surface area contributed by atoms with E-state index < -0.39 is 0 Å². The zero-order valence-electron chi connectivity index (χ0n) is 20.5. The van der Waals surface area contributed by atoms with Gasteiger partial charge in [-0.25, -0.2) is 9.97 Å². The zero-order chi connectivity index (χ0) is 25.4. The summed E-state index contributed by atoms with van der Waals surface area (Å²) < 4.78 is 12.6. The van der Waals surface area contributed by atoms with Gasteiger partial charge in [0.25, 0.3) is 0 Å². The van der Waals surface area contributed by atoms with Crippen molar-refractivity contribution in [1.82, 2.24) is 9.97 Å². The van der Waals surface area contributed by atoms with E-state index >= 15 is 0 Å². The Labute approximate surface area is 215 Å². The highest BCUT2D eigenvalue weighted by atomic mass is 16.5. The smallest absolute Gasteiger partial charge is 0.526 e. The second kappa shape index (κ2) is 9.35. The fraction of sp³-hybridized carbons (Fsp3) is 0.0667. The molecule has 0 spiro atoms. The van der Waals surface area contributed by atoms with E-state index in [-0.39, 0.29) is 12.8 Å². The van der Waals surface area contributed by atoms with Gasteiger partial charge in [0.1, 0.15) is 17.2 Å². The SMILES string of the molecule is Cc1cccc(C)c1B1Oc2cccnc2N1c1cccc(Oc2cccc(-c3ccccc3O)n2)c1. The topological polar surface area (TPSA) is 67.7 Å². The predicted octanol–water partition coefficient (Wildman–Crippen LogP) is 6.18. The highest BCUT2D eigenvalue weighted by molar-refractivity contribution is 6.75. The lowest BCUT2D eigenvalue weighted by Gasteiger charge is -2.24. The Hall–Kier alpha value is -4.78. The number of benzene rings is 3. The summed E-state index contributed by atoms with van der Waals surface area (Å²) in [5.74, 6) is 2.72. The molecule has 1 aliphatic rings. The van der Waals surface area contributed by atoms with Crippen LogP contribution < -0.4 is 19.7 Å². The van der Waals surface area contributed by atoms with Gasteiger partial charge in [-0.3, -0.25) is 0 Å². The summed E-state index contributed by atoms with van der Waals surface area (Å²) in [5.41, 5.74) is 5.59. The number of hydrogen-bond acceptors (Lipinski definition) is 6. The van der Waals surface area contributed by atoms with Crippen LogP contribution in [0.2, 0.25) is 0 Å². The van der Waals surface area contributed by atoms with Gasteiger partial charge in [-0.2, -0.15) is 0 Å². The number of ether oxygens (including phenoxy) is 1. The average molecular weight is 485 g/mol. The Bertz CT molecular complexity index is 1590. The van der Waals surface area contributed by atoms with E-state index in [9.17, 15) is 5.11 Å². The van der Waals surface area contributed by atoms with Crippen molar-refractivity contribution < 1.29 is 14.5 Å². The van der Waals surface area contributed by atoms with Crippen LogP contribution in [0.1, 0.15) is 11.1 Å². The van der Waals surface area contributed by atoms with E-state index in [4.69, 9.17) is 9.39 Å². The first kappa shape index (κ1) is 22.7. The number of pyridine rings is 2. The second-order valence-corrected chi connectivity index (χ2v) is 8.95. The molecular formula is C30H24BN3O3. The summed E-state index contributed by atoms with van der Waals surface area (Å²) in [7, 11) is -0.358. The van der Waals surface area contributed by atoms with E-state index in [0.717, 1.165) is 33.8 Å². The van der Waals surface area contributed by atoms with Gasteiger partial charge in [-0.1, -0.05) is 53.6 Å². The van der Waals surface area contributed by atoms with Gasteiger partial charge in [-0.05, 0) is 61.8 Å². The maximum Gasteiger partial charge on any atom is 0.526 e. The van der Waals surface area contributed by atoms with E-state index in [1.807, 2.05) is 60.7 Å². The first-order valence-electron chi connectivity index (χ1n) is 12.1. The number of aromatic nitrogens is 2. The number of phenolic OH excluding ortho intramolecular Hbond substituents is 1. The standard InChI is InChI=1S/C30H24BN3O3/c1-20-9-5-10-21(2)29(20)31-34(30-27(37-31)16-8-18-32-30)22-11-6-12-23(19-22)36-28-17-7-14-25(33-28)24-13-3-4-15-26(24)35/h3-19,35H,1-2H3. The molecule has 0 fully saturated rings. The van der Waals surface area contributed by atoms with Crippen molar-refractivity contribution in [2.24, 2.45) is 0 Å². The van der Waals surface area contributed by atoms with Crippen LogP contribution in [0.25, 0.3) is 11.3 Å². The summed E-state index contributed by atoms with van der Waals surface area (Å²) in [6.07, 6.45) is 1.77. The summed E-state index contributed by atoms with van der Waals surface area (Å²) in [5, 5.41) is 10.2. The van der Waals surface area contributed by atoms with Gasteiger partial charge in [0, 0.05) is 29.6 Å². The van der Waals surface area contributed by atoms with Crippen LogP contribution in [-0.2, 0) is 0 Å². The number of aryl methyl sites for hydroxylation is 2. The molecule has 0 radical (unpaired) electrons. The van der Waals surface area contributed by atoms with Crippen molar-refractivity contribution in [3.63, 3.8) is 0 Å². The number of para-hydroxylation sites is 1. The number of nitrogens with zero attached hydrogens (tertiary/aromatic N) is 3. The van der Waals surface area contributed by atoms with Crippen LogP contribution in [0.5, 0.6) is 23.1 Å². The molecule has 0 atom stereocenters. The van der Waals surface area contributed by atoms with Crippen molar-refractivity contribution in [3.05, 3.63) is 114 Å². The Balaban J connectivity index is 1.37. The van der Waals surface area contributed by atoms with Gasteiger partial charge in [-0.15, -0.1) is 0 Å². The summed E-state index contributed by atoms with van der Waals surface area (Å²) in [6, 6.07) is 30.5. The van der Waals surface area contributed by atoms with Crippen LogP contribution >= 0.6 is 0 Å². The first-order chi connectivity index (χ1) is 18.1. The van der Waals surface area contributed by atoms with Crippen molar-refractivity contribution in [2.45, 2.75) is 13.8 Å². The minimum atomic E-state index is -0.358. The van der Waals surface area contributed by atoms with Crippen LogP contribution in [-0.4, -0.2) is 22.1 Å². The van der Waals surface area contributed by atoms with Crippen molar-refractivity contribution in [1.29, 1.82) is 0 Å². The van der Waals surface area contributed by atoms with Crippen LogP contribution in [0.15, 0.2) is 103 Å². The van der Waals surface area contributed by atoms with Crippen molar-refractivity contribution in [2.75, 3.05) is 4.81 Å². The molecule has 1 aliphatic heterocycles. The molecule has 0 bridgehead atoms. The van der Waals surface area contributed by atoms with E-state index in [0.29, 0.717) is 22.9 Å². The molecule has 2 aromatic heterocycles. The first-order valence-corrected chi connectivity index (χ1v) is 12.1. The van der Waals surface area contributed by atoms with Crippen LogP contribution in [0.4, 0.5) is 11.5 Å². The summed E-state index contributed by atoms with van der Waals surface area (Å²) in [4.78, 5) is 11.4. The number of aromatic hydroxyl groups is 1. The number of anilines is 2. The Kier molecular flexibility index (Phi) is 5.73. The molecule has 0 aliphatic carbocycles. The molecule has 37 heavy (non-hydrogen) atoms. The lowest BCUT2D eigenvalue weighted by atomic mass is 9.67. The van der Waals surface area contributed by atoms with E-state index in [1.54, 1.807) is 24.4 Å². The molecule has 0 saturated carbocycles. The zero-order valence-corrected chi connectivity index (χ0v) is 20.5.